The molecule has 208 valence electrons. The number of carbonyl (C=O) groups excluding carboxylic acids is 2. The van der Waals surface area contributed by atoms with Crippen LogP contribution < -0.4 is 14.4 Å². The predicted octanol–water partition coefficient (Wildman–Crippen LogP) is 4.27. The lowest BCUT2D eigenvalue weighted by Crippen LogP contribution is -2.55. The van der Waals surface area contributed by atoms with E-state index in [-0.39, 0.29) is 23.0 Å². The molecule has 0 radical (unpaired) electrons. The molecular formula is C30H37N3O5S. The lowest BCUT2D eigenvalue weighted by atomic mass is 10.1. The summed E-state index contributed by atoms with van der Waals surface area (Å²) in [5.74, 6) is -0.522. The van der Waals surface area contributed by atoms with Crippen LogP contribution in [0, 0.1) is 0 Å². The van der Waals surface area contributed by atoms with Gasteiger partial charge in [0.25, 0.3) is 10.0 Å². The van der Waals surface area contributed by atoms with Crippen LogP contribution in [-0.4, -0.2) is 56.9 Å². The molecule has 0 spiro atoms. The van der Waals surface area contributed by atoms with Crippen LogP contribution in [0.5, 0.6) is 5.75 Å². The first-order chi connectivity index (χ1) is 18.4. The molecule has 1 unspecified atom stereocenters. The van der Waals surface area contributed by atoms with Crippen LogP contribution in [0.2, 0.25) is 0 Å². The van der Waals surface area contributed by atoms with Gasteiger partial charge < -0.3 is 15.0 Å². The van der Waals surface area contributed by atoms with Gasteiger partial charge in [-0.05, 0) is 63.9 Å². The molecule has 39 heavy (non-hydrogen) atoms. The van der Waals surface area contributed by atoms with Crippen molar-refractivity contribution in [3.63, 3.8) is 0 Å². The quantitative estimate of drug-likeness (QED) is 0.384. The second-order valence-electron chi connectivity index (χ2n) is 10.2. The Balaban J connectivity index is 2.01. The normalized spacial score (nSPS) is 12.3. The number of anilines is 1. The number of carbonyl (C=O) groups is 2. The van der Waals surface area contributed by atoms with E-state index in [1.807, 2.05) is 51.1 Å². The maximum absolute atomic E-state index is 13.9. The molecule has 1 N–H and O–H groups in total. The number of nitrogens with zero attached hydrogens (tertiary/aromatic N) is 2. The number of methoxy groups -OCH3 is 1. The van der Waals surface area contributed by atoms with E-state index >= 15 is 0 Å². The van der Waals surface area contributed by atoms with Crippen LogP contribution in [-0.2, 0) is 26.0 Å². The average molecular weight is 552 g/mol. The van der Waals surface area contributed by atoms with Crippen LogP contribution >= 0.6 is 0 Å². The Kier molecular flexibility index (Phi) is 9.75. The van der Waals surface area contributed by atoms with Crippen molar-refractivity contribution in [1.29, 1.82) is 0 Å². The molecular weight excluding hydrogens is 514 g/mol. The first-order valence-corrected chi connectivity index (χ1v) is 14.2. The third-order valence-electron chi connectivity index (χ3n) is 6.11. The van der Waals surface area contributed by atoms with E-state index in [0.717, 1.165) is 9.87 Å². The number of hydrogen-bond acceptors (Lipinski definition) is 5. The highest BCUT2D eigenvalue weighted by molar-refractivity contribution is 7.92. The summed E-state index contributed by atoms with van der Waals surface area (Å²) >= 11 is 0. The van der Waals surface area contributed by atoms with Crippen molar-refractivity contribution in [2.45, 2.75) is 50.6 Å². The summed E-state index contributed by atoms with van der Waals surface area (Å²) in [6.07, 6.45) is 0.500. The third kappa shape index (κ3) is 7.83. The molecule has 1 atom stereocenters. The van der Waals surface area contributed by atoms with Crippen molar-refractivity contribution >= 4 is 27.5 Å². The molecule has 0 aromatic heterocycles. The fourth-order valence-electron chi connectivity index (χ4n) is 4.11. The highest BCUT2D eigenvalue weighted by Crippen LogP contribution is 2.32. The minimum absolute atomic E-state index is 0.0399. The molecule has 2 amide bonds. The molecule has 8 nitrogen and oxygen atoms in total. The molecule has 0 bridgehead atoms. The van der Waals surface area contributed by atoms with Crippen molar-refractivity contribution in [3.8, 4) is 5.75 Å². The fourth-order valence-corrected chi connectivity index (χ4v) is 5.56. The highest BCUT2D eigenvalue weighted by atomic mass is 32.2. The second kappa shape index (κ2) is 12.8. The maximum atomic E-state index is 13.9. The largest absolute Gasteiger partial charge is 0.495 e. The average Bonchev–Trinajstić information content (AvgIpc) is 2.91. The Bertz CT molecular complexity index is 1360. The summed E-state index contributed by atoms with van der Waals surface area (Å²) < 4.78 is 34.2. The van der Waals surface area contributed by atoms with Gasteiger partial charge in [-0.1, -0.05) is 60.7 Å². The predicted molar refractivity (Wildman–Crippen MR) is 153 cm³/mol. The summed E-state index contributed by atoms with van der Waals surface area (Å²) in [6.45, 7) is 6.96. The highest BCUT2D eigenvalue weighted by Gasteiger charge is 2.34. The van der Waals surface area contributed by atoms with Crippen molar-refractivity contribution in [2.24, 2.45) is 0 Å². The van der Waals surface area contributed by atoms with Crippen LogP contribution in [0.15, 0.2) is 89.8 Å². The minimum atomic E-state index is -4.15. The van der Waals surface area contributed by atoms with Crippen molar-refractivity contribution in [1.82, 2.24) is 10.2 Å². The summed E-state index contributed by atoms with van der Waals surface area (Å²) in [5, 5.41) is 2.93. The molecule has 3 rings (SSSR count). The van der Waals surface area contributed by atoms with Crippen LogP contribution in [0.25, 0.3) is 0 Å². The van der Waals surface area contributed by atoms with Crippen molar-refractivity contribution in [2.75, 3.05) is 24.5 Å². The first kappa shape index (κ1) is 29.7. The van der Waals surface area contributed by atoms with E-state index in [1.165, 1.54) is 24.1 Å². The third-order valence-corrected chi connectivity index (χ3v) is 7.89. The molecule has 0 saturated carbocycles. The number of ether oxygens (including phenoxy) is 1. The van der Waals surface area contributed by atoms with Crippen LogP contribution in [0.3, 0.4) is 0 Å². The van der Waals surface area contributed by atoms with Gasteiger partial charge in [0.1, 0.15) is 18.3 Å². The number of hydrogen-bond donors (Lipinski definition) is 1. The van der Waals surface area contributed by atoms with Gasteiger partial charge in [-0.3, -0.25) is 13.9 Å². The van der Waals surface area contributed by atoms with Gasteiger partial charge >= 0.3 is 0 Å². The first-order valence-electron chi connectivity index (χ1n) is 12.8. The standard InChI is InChI=1S/C30H37N3O5S/c1-23(29(35)31-30(2,3)4)32(21-20-24-14-8-6-9-15-24)28(34)22-33(26-18-12-13-19-27(26)38-5)39(36,37)25-16-10-7-11-17-25/h6-19,23H,20-22H2,1-5H3,(H,31,35). The molecule has 9 heteroatoms. The fraction of sp³-hybridized carbons (Fsp3) is 0.333. The SMILES string of the molecule is COc1ccccc1N(CC(=O)N(CCc1ccccc1)C(C)C(=O)NC(C)(C)C)S(=O)(=O)c1ccccc1. The topological polar surface area (TPSA) is 96.0 Å². The lowest BCUT2D eigenvalue weighted by Gasteiger charge is -2.33. The van der Waals surface area contributed by atoms with Gasteiger partial charge in [0.15, 0.2) is 0 Å². The molecule has 0 aliphatic heterocycles. The molecule has 0 aliphatic carbocycles. The molecule has 0 aliphatic rings. The zero-order valence-electron chi connectivity index (χ0n) is 23.1. The Morgan fingerprint density at radius 3 is 2.05 bits per heavy atom. The number of benzene rings is 3. The van der Waals surface area contributed by atoms with E-state index in [1.54, 1.807) is 49.4 Å². The van der Waals surface area contributed by atoms with Gasteiger partial charge in [-0.25, -0.2) is 8.42 Å². The van der Waals surface area contributed by atoms with Gasteiger partial charge in [-0.15, -0.1) is 0 Å². The Labute approximate surface area is 231 Å². The monoisotopic (exact) mass is 551 g/mol. The van der Waals surface area contributed by atoms with E-state index in [4.69, 9.17) is 4.74 Å². The Morgan fingerprint density at radius 1 is 0.897 bits per heavy atom. The number of rotatable bonds is 11. The zero-order chi connectivity index (χ0) is 28.6. The van der Waals surface area contributed by atoms with E-state index in [0.29, 0.717) is 12.2 Å². The number of amides is 2. The minimum Gasteiger partial charge on any atom is -0.495 e. The zero-order valence-corrected chi connectivity index (χ0v) is 23.9. The molecule has 0 saturated heterocycles. The van der Waals surface area contributed by atoms with Crippen molar-refractivity contribution in [3.05, 3.63) is 90.5 Å². The van der Waals surface area contributed by atoms with Crippen LogP contribution in [0.4, 0.5) is 5.69 Å². The molecule has 3 aromatic rings. The summed E-state index contributed by atoms with van der Waals surface area (Å²) in [5.41, 5.74) is 0.726. The summed E-state index contributed by atoms with van der Waals surface area (Å²) in [7, 11) is -2.71. The Hall–Kier alpha value is -3.85. The second-order valence-corrected chi connectivity index (χ2v) is 12.1. The number of para-hydroxylation sites is 2. The smallest absolute Gasteiger partial charge is 0.264 e. The van der Waals surface area contributed by atoms with Gasteiger partial charge in [0.2, 0.25) is 11.8 Å². The van der Waals surface area contributed by atoms with Gasteiger partial charge in [0.05, 0.1) is 17.7 Å². The van der Waals surface area contributed by atoms with Gasteiger partial charge in [0, 0.05) is 12.1 Å². The van der Waals surface area contributed by atoms with Crippen molar-refractivity contribution < 1.29 is 22.7 Å². The lowest BCUT2D eigenvalue weighted by molar-refractivity contribution is -0.139. The van der Waals surface area contributed by atoms with E-state index in [2.05, 4.69) is 5.32 Å². The van der Waals surface area contributed by atoms with Crippen LogP contribution in [0.1, 0.15) is 33.3 Å². The maximum Gasteiger partial charge on any atom is 0.264 e. The number of sulfonamides is 1. The summed E-state index contributed by atoms with van der Waals surface area (Å²) in [6, 6.07) is 23.4. The van der Waals surface area contributed by atoms with E-state index < -0.39 is 34.1 Å². The molecule has 3 aromatic carbocycles. The van der Waals surface area contributed by atoms with Gasteiger partial charge in [-0.2, -0.15) is 0 Å². The molecule has 0 heterocycles. The Morgan fingerprint density at radius 2 is 1.46 bits per heavy atom. The van der Waals surface area contributed by atoms with E-state index in [9.17, 15) is 18.0 Å². The number of nitrogens with one attached hydrogen (secondary N) is 1. The molecule has 0 fully saturated rings. The summed E-state index contributed by atoms with van der Waals surface area (Å²) in [4.78, 5) is 28.6.